The van der Waals surface area contributed by atoms with E-state index in [0.29, 0.717) is 0 Å². The summed E-state index contributed by atoms with van der Waals surface area (Å²) in [6.45, 7) is 22.5. The van der Waals surface area contributed by atoms with Gasteiger partial charge in [-0.2, -0.15) is 0 Å². The summed E-state index contributed by atoms with van der Waals surface area (Å²) in [6, 6.07) is 15.8. The average Bonchev–Trinajstić information content (AvgIpc) is 2.56. The lowest BCUT2D eigenvalue weighted by atomic mass is 10.2. The van der Waals surface area contributed by atoms with E-state index in [1.54, 1.807) is 0 Å². The Morgan fingerprint density at radius 2 is 0.724 bits per heavy atom. The third kappa shape index (κ3) is 6.13. The summed E-state index contributed by atoms with van der Waals surface area (Å²) in [7, 11) is -3.66. The molecule has 0 N–H and O–H groups in total. The first-order valence-corrected chi connectivity index (χ1v) is 16.2. The molecule has 0 spiro atoms. The third-order valence-corrected chi connectivity index (χ3v) is 15.0. The minimum Gasteiger partial charge on any atom is -0.543 e. The van der Waals surface area contributed by atoms with Gasteiger partial charge in [0.2, 0.25) is 16.6 Å². The van der Waals surface area contributed by atoms with Gasteiger partial charge in [-0.25, -0.2) is 0 Å². The molecule has 160 valence electrons. The van der Waals surface area contributed by atoms with Crippen LogP contribution in [0, 0.1) is 0 Å². The van der Waals surface area contributed by atoms with Gasteiger partial charge in [-0.15, -0.1) is 0 Å². The van der Waals surface area contributed by atoms with Crippen LogP contribution in [0.25, 0.3) is 0 Å². The zero-order chi connectivity index (χ0) is 22.1. The molecular weight excluding hydrogens is 392 g/mol. The van der Waals surface area contributed by atoms with Crippen molar-refractivity contribution < 1.29 is 13.6 Å². The Morgan fingerprint density at radius 1 is 0.483 bits per heavy atom. The first-order valence-electron chi connectivity index (χ1n) is 10.4. The second-order valence-corrected chi connectivity index (χ2v) is 20.2. The van der Waals surface area contributed by atoms with E-state index in [-0.39, 0.29) is 10.1 Å². The molecule has 2 aromatic carbocycles. The van der Waals surface area contributed by atoms with Gasteiger partial charge in [-0.1, -0.05) is 41.5 Å². The van der Waals surface area contributed by atoms with Crippen LogP contribution in [0.2, 0.25) is 36.3 Å². The molecule has 5 heteroatoms. The molecule has 0 saturated carbocycles. The fourth-order valence-corrected chi connectivity index (χ4v) is 4.25. The molecule has 0 radical (unpaired) electrons. The number of rotatable bonds is 6. The number of ether oxygens (including phenoxy) is 1. The summed E-state index contributed by atoms with van der Waals surface area (Å²) in [5.41, 5.74) is 0. The van der Waals surface area contributed by atoms with Crippen LogP contribution in [0.1, 0.15) is 41.5 Å². The van der Waals surface area contributed by atoms with Crippen LogP contribution >= 0.6 is 0 Å². The monoisotopic (exact) mass is 430 g/mol. The molecule has 2 rings (SSSR count). The van der Waals surface area contributed by atoms with Crippen LogP contribution in [0.15, 0.2) is 48.5 Å². The maximum Gasteiger partial charge on any atom is 0.250 e. The Labute approximate surface area is 179 Å². The normalized spacial score (nSPS) is 13.2. The molecule has 2 aromatic rings. The molecule has 0 saturated heterocycles. The highest BCUT2D eigenvalue weighted by atomic mass is 28.4. The minimum atomic E-state index is -1.83. The van der Waals surface area contributed by atoms with E-state index in [1.807, 2.05) is 48.5 Å². The van der Waals surface area contributed by atoms with Gasteiger partial charge in [0, 0.05) is 0 Å². The van der Waals surface area contributed by atoms with E-state index in [4.69, 9.17) is 13.6 Å². The Morgan fingerprint density at radius 3 is 0.966 bits per heavy atom. The van der Waals surface area contributed by atoms with Crippen LogP contribution in [-0.4, -0.2) is 16.6 Å². The van der Waals surface area contributed by atoms with Crippen molar-refractivity contribution in [2.24, 2.45) is 0 Å². The fraction of sp³-hybridized carbons (Fsp3) is 0.500. The summed E-state index contributed by atoms with van der Waals surface area (Å²) >= 11 is 0. The smallest absolute Gasteiger partial charge is 0.250 e. The van der Waals surface area contributed by atoms with Crippen molar-refractivity contribution in [2.75, 3.05) is 0 Å². The molecule has 0 heterocycles. The maximum absolute atomic E-state index is 6.33. The molecule has 29 heavy (non-hydrogen) atoms. The van der Waals surface area contributed by atoms with E-state index in [1.165, 1.54) is 0 Å². The van der Waals surface area contributed by atoms with Gasteiger partial charge in [0.05, 0.1) is 0 Å². The largest absolute Gasteiger partial charge is 0.543 e. The van der Waals surface area contributed by atoms with Gasteiger partial charge in [0.15, 0.2) is 0 Å². The van der Waals surface area contributed by atoms with Crippen molar-refractivity contribution >= 4 is 16.6 Å². The lowest BCUT2D eigenvalue weighted by Crippen LogP contribution is -2.43. The van der Waals surface area contributed by atoms with Crippen LogP contribution in [0.3, 0.4) is 0 Å². The van der Waals surface area contributed by atoms with Crippen LogP contribution < -0.4 is 13.6 Å². The summed E-state index contributed by atoms with van der Waals surface area (Å²) in [6.07, 6.45) is 0. The predicted octanol–water partition coefficient (Wildman–Crippen LogP) is 8.25. The first-order chi connectivity index (χ1) is 13.1. The molecule has 0 amide bonds. The fourth-order valence-electron chi connectivity index (χ4n) is 2.18. The quantitative estimate of drug-likeness (QED) is 0.432. The van der Waals surface area contributed by atoms with Crippen molar-refractivity contribution in [3.63, 3.8) is 0 Å². The molecule has 0 atom stereocenters. The van der Waals surface area contributed by atoms with Crippen molar-refractivity contribution in [2.45, 2.75) is 77.8 Å². The molecule has 0 fully saturated rings. The lowest BCUT2D eigenvalue weighted by Gasteiger charge is -2.36. The van der Waals surface area contributed by atoms with Gasteiger partial charge in [0.25, 0.3) is 0 Å². The van der Waals surface area contributed by atoms with Crippen molar-refractivity contribution in [1.82, 2.24) is 0 Å². The van der Waals surface area contributed by atoms with E-state index in [2.05, 4.69) is 67.7 Å². The summed E-state index contributed by atoms with van der Waals surface area (Å²) in [4.78, 5) is 0. The highest BCUT2D eigenvalue weighted by Gasteiger charge is 2.39. The van der Waals surface area contributed by atoms with Gasteiger partial charge >= 0.3 is 0 Å². The predicted molar refractivity (Wildman–Crippen MR) is 129 cm³/mol. The summed E-state index contributed by atoms with van der Waals surface area (Å²) in [5, 5.41) is 0.354. The van der Waals surface area contributed by atoms with Gasteiger partial charge in [-0.3, -0.25) is 0 Å². The number of benzene rings is 2. The lowest BCUT2D eigenvalue weighted by molar-refractivity contribution is 0.470. The molecule has 0 aliphatic heterocycles. The average molecular weight is 431 g/mol. The number of hydrogen-bond donors (Lipinski definition) is 0. The van der Waals surface area contributed by atoms with E-state index >= 15 is 0 Å². The minimum absolute atomic E-state index is 0.177. The molecule has 0 aliphatic rings. The first kappa shape index (κ1) is 23.6. The van der Waals surface area contributed by atoms with Crippen molar-refractivity contribution in [3.05, 3.63) is 48.5 Å². The zero-order valence-corrected chi connectivity index (χ0v) is 21.8. The van der Waals surface area contributed by atoms with E-state index in [9.17, 15) is 0 Å². The van der Waals surface area contributed by atoms with Crippen molar-refractivity contribution in [3.8, 4) is 23.0 Å². The highest BCUT2D eigenvalue weighted by Crippen LogP contribution is 2.39. The Hall–Kier alpha value is -1.73. The van der Waals surface area contributed by atoms with Crippen LogP contribution in [0.5, 0.6) is 23.0 Å². The second-order valence-electron chi connectivity index (χ2n) is 10.8. The van der Waals surface area contributed by atoms with Gasteiger partial charge in [0.1, 0.15) is 23.0 Å². The van der Waals surface area contributed by atoms with Crippen LogP contribution in [-0.2, 0) is 0 Å². The number of hydrogen-bond acceptors (Lipinski definition) is 3. The molecule has 0 aliphatic carbocycles. The summed E-state index contributed by atoms with van der Waals surface area (Å²) in [5.74, 6) is 3.40. The standard InChI is InChI=1S/C24H38O3Si2/c1-23(2,3)28(7,8)26-21-15-11-19(12-16-21)25-20-13-17-22(18-14-20)27-29(9,10)24(4,5)6/h11-18H,1-10H3. The molecule has 0 unspecified atom stereocenters. The molecule has 3 nitrogen and oxygen atoms in total. The van der Waals surface area contributed by atoms with Gasteiger partial charge in [-0.05, 0) is 84.8 Å². The van der Waals surface area contributed by atoms with Crippen LogP contribution in [0.4, 0.5) is 0 Å². The maximum atomic E-state index is 6.33. The molecular formula is C24H38O3Si2. The second kappa shape index (κ2) is 8.19. The summed E-state index contributed by atoms with van der Waals surface area (Å²) < 4.78 is 18.7. The van der Waals surface area contributed by atoms with E-state index in [0.717, 1.165) is 23.0 Å². The van der Waals surface area contributed by atoms with E-state index < -0.39 is 16.6 Å². The van der Waals surface area contributed by atoms with Crippen molar-refractivity contribution in [1.29, 1.82) is 0 Å². The molecule has 0 bridgehead atoms. The third-order valence-electron chi connectivity index (χ3n) is 6.24. The van der Waals surface area contributed by atoms with Gasteiger partial charge < -0.3 is 13.6 Å². The Kier molecular flexibility index (Phi) is 6.65. The zero-order valence-electron chi connectivity index (χ0n) is 19.8. The topological polar surface area (TPSA) is 27.7 Å². The Balaban J connectivity index is 2.02. The highest BCUT2D eigenvalue weighted by molar-refractivity contribution is 6.75. The molecule has 0 aromatic heterocycles. The SMILES string of the molecule is CC(C)(C)[Si](C)(C)Oc1ccc(Oc2ccc(O[Si](C)(C)C(C)(C)C)cc2)cc1. The Bertz CT molecular complexity index is 727.